The first-order valence-electron chi connectivity index (χ1n) is 7.25. The van der Waals surface area contributed by atoms with Crippen molar-refractivity contribution in [3.05, 3.63) is 65.7 Å². The first kappa shape index (κ1) is 14.7. The summed E-state index contributed by atoms with van der Waals surface area (Å²) in [5.41, 5.74) is 1.54. The molecule has 5 heteroatoms. The van der Waals surface area contributed by atoms with E-state index in [2.05, 4.69) is 4.98 Å². The molecule has 1 aliphatic rings. The van der Waals surface area contributed by atoms with Crippen LogP contribution in [0.2, 0.25) is 0 Å². The van der Waals surface area contributed by atoms with E-state index in [0.717, 1.165) is 11.1 Å². The number of aliphatic hydroxyl groups excluding tert-OH is 1. The molecule has 0 aliphatic carbocycles. The number of hydrogen-bond donors (Lipinski definition) is 1. The maximum absolute atomic E-state index is 13.4. The van der Waals surface area contributed by atoms with Gasteiger partial charge in [0.05, 0.1) is 18.6 Å². The normalized spacial score (nSPS) is 21.1. The molecule has 4 nitrogen and oxygen atoms in total. The number of carbonyl (C=O) groups is 1. The summed E-state index contributed by atoms with van der Waals surface area (Å²) in [7, 11) is 0. The molecule has 0 spiro atoms. The Kier molecular flexibility index (Phi) is 4.15. The van der Waals surface area contributed by atoms with Crippen LogP contribution in [0.5, 0.6) is 0 Å². The van der Waals surface area contributed by atoms with E-state index in [-0.39, 0.29) is 30.7 Å². The minimum Gasteiger partial charge on any atom is -0.391 e. The van der Waals surface area contributed by atoms with E-state index in [4.69, 9.17) is 0 Å². The highest BCUT2D eigenvalue weighted by Crippen LogP contribution is 2.32. The number of hydrogen-bond acceptors (Lipinski definition) is 3. The lowest BCUT2D eigenvalue weighted by molar-refractivity contribution is -0.131. The molecule has 1 aliphatic heterocycles. The Morgan fingerprint density at radius 3 is 2.95 bits per heavy atom. The van der Waals surface area contributed by atoms with Crippen LogP contribution in [-0.2, 0) is 11.2 Å². The molecule has 2 aromatic rings. The first-order chi connectivity index (χ1) is 10.6. The van der Waals surface area contributed by atoms with Crippen LogP contribution in [0.4, 0.5) is 4.39 Å². The van der Waals surface area contributed by atoms with Gasteiger partial charge in [-0.05, 0) is 35.7 Å². The van der Waals surface area contributed by atoms with Gasteiger partial charge in [0.1, 0.15) is 5.82 Å². The largest absolute Gasteiger partial charge is 0.391 e. The number of carbonyl (C=O) groups excluding carboxylic acids is 1. The molecule has 3 rings (SSSR count). The molecular weight excluding hydrogens is 283 g/mol. The number of pyridine rings is 1. The maximum Gasteiger partial charge on any atom is 0.227 e. The van der Waals surface area contributed by atoms with Gasteiger partial charge in [0.15, 0.2) is 0 Å². The van der Waals surface area contributed by atoms with Crippen molar-refractivity contribution in [3.8, 4) is 0 Å². The summed E-state index contributed by atoms with van der Waals surface area (Å²) in [4.78, 5) is 18.2. The van der Waals surface area contributed by atoms with Crippen molar-refractivity contribution < 1.29 is 14.3 Å². The zero-order valence-electron chi connectivity index (χ0n) is 12.0. The van der Waals surface area contributed by atoms with Crippen LogP contribution in [0, 0.1) is 5.82 Å². The molecule has 22 heavy (non-hydrogen) atoms. The van der Waals surface area contributed by atoms with E-state index in [1.54, 1.807) is 35.5 Å². The third kappa shape index (κ3) is 3.14. The summed E-state index contributed by atoms with van der Waals surface area (Å²) >= 11 is 0. The van der Waals surface area contributed by atoms with Gasteiger partial charge in [-0.2, -0.15) is 0 Å². The Hall–Kier alpha value is -2.27. The van der Waals surface area contributed by atoms with E-state index in [1.165, 1.54) is 12.1 Å². The van der Waals surface area contributed by atoms with Gasteiger partial charge in [-0.25, -0.2) is 4.39 Å². The molecule has 0 saturated carbocycles. The molecule has 0 radical (unpaired) electrons. The summed E-state index contributed by atoms with van der Waals surface area (Å²) in [5, 5.41) is 9.92. The van der Waals surface area contributed by atoms with E-state index >= 15 is 0 Å². The molecule has 1 fully saturated rings. The third-order valence-electron chi connectivity index (χ3n) is 3.91. The standard InChI is InChI=1S/C17H17FN2O2/c18-14-5-1-4-13(8-14)16-9-15(21)11-20(16)17(22)7-12-3-2-6-19-10-12/h1-6,8,10,15-16,21H,7,9,11H2/t15-,16+/m0/s1. The van der Waals surface area contributed by atoms with Crippen molar-refractivity contribution in [1.82, 2.24) is 9.88 Å². The smallest absolute Gasteiger partial charge is 0.227 e. The first-order valence-corrected chi connectivity index (χ1v) is 7.25. The van der Waals surface area contributed by atoms with Crippen molar-refractivity contribution in [2.45, 2.75) is 25.0 Å². The van der Waals surface area contributed by atoms with Crippen LogP contribution in [0.1, 0.15) is 23.6 Å². The molecule has 1 N–H and O–H groups in total. The van der Waals surface area contributed by atoms with Gasteiger partial charge in [0.25, 0.3) is 0 Å². The summed E-state index contributed by atoms with van der Waals surface area (Å²) in [5.74, 6) is -0.419. The number of aromatic nitrogens is 1. The number of nitrogens with zero attached hydrogens (tertiary/aromatic N) is 2. The molecule has 0 unspecified atom stereocenters. The number of likely N-dealkylation sites (tertiary alicyclic amines) is 1. The van der Waals surface area contributed by atoms with Crippen molar-refractivity contribution in [3.63, 3.8) is 0 Å². The van der Waals surface area contributed by atoms with E-state index in [0.29, 0.717) is 6.42 Å². The van der Waals surface area contributed by atoms with Gasteiger partial charge in [0, 0.05) is 18.9 Å². The average Bonchev–Trinajstić information content (AvgIpc) is 2.90. The van der Waals surface area contributed by atoms with Crippen LogP contribution in [0.15, 0.2) is 48.8 Å². The second kappa shape index (κ2) is 6.23. The highest BCUT2D eigenvalue weighted by molar-refractivity contribution is 5.79. The van der Waals surface area contributed by atoms with Gasteiger partial charge < -0.3 is 10.0 Å². The van der Waals surface area contributed by atoms with Crippen LogP contribution in [0.3, 0.4) is 0 Å². The zero-order valence-corrected chi connectivity index (χ0v) is 12.0. The SMILES string of the molecule is O=C(Cc1cccnc1)N1C[C@@H](O)C[C@@H]1c1cccc(F)c1. The third-order valence-corrected chi connectivity index (χ3v) is 3.91. The van der Waals surface area contributed by atoms with Crippen LogP contribution >= 0.6 is 0 Å². The number of amides is 1. The van der Waals surface area contributed by atoms with E-state index in [9.17, 15) is 14.3 Å². The molecular formula is C17H17FN2O2. The van der Waals surface area contributed by atoms with Crippen molar-refractivity contribution >= 4 is 5.91 Å². The molecule has 1 amide bonds. The molecule has 2 heterocycles. The fraction of sp³-hybridized carbons (Fsp3) is 0.294. The second-order valence-electron chi connectivity index (χ2n) is 5.54. The lowest BCUT2D eigenvalue weighted by atomic mass is 10.0. The number of benzene rings is 1. The van der Waals surface area contributed by atoms with E-state index < -0.39 is 6.10 Å². The van der Waals surface area contributed by atoms with Gasteiger partial charge in [-0.3, -0.25) is 9.78 Å². The number of aliphatic hydroxyl groups is 1. The Bertz CT molecular complexity index is 663. The van der Waals surface area contributed by atoms with Crippen molar-refractivity contribution in [2.75, 3.05) is 6.54 Å². The highest BCUT2D eigenvalue weighted by atomic mass is 19.1. The Morgan fingerprint density at radius 2 is 2.23 bits per heavy atom. The predicted octanol–water partition coefficient (Wildman–Crippen LogP) is 2.10. The van der Waals surface area contributed by atoms with E-state index in [1.807, 2.05) is 6.07 Å². The summed E-state index contributed by atoms with van der Waals surface area (Å²) in [6.45, 7) is 0.278. The molecule has 1 saturated heterocycles. The van der Waals surface area contributed by atoms with Gasteiger partial charge >= 0.3 is 0 Å². The number of rotatable bonds is 3. The van der Waals surface area contributed by atoms with Crippen LogP contribution < -0.4 is 0 Å². The zero-order chi connectivity index (χ0) is 15.5. The van der Waals surface area contributed by atoms with Gasteiger partial charge in [0.2, 0.25) is 5.91 Å². The predicted molar refractivity (Wildman–Crippen MR) is 79.4 cm³/mol. The Morgan fingerprint density at radius 1 is 1.36 bits per heavy atom. The van der Waals surface area contributed by atoms with Crippen LogP contribution in [0.25, 0.3) is 0 Å². The highest BCUT2D eigenvalue weighted by Gasteiger charge is 2.35. The lowest BCUT2D eigenvalue weighted by Gasteiger charge is -2.25. The second-order valence-corrected chi connectivity index (χ2v) is 5.54. The van der Waals surface area contributed by atoms with Crippen molar-refractivity contribution in [2.24, 2.45) is 0 Å². The van der Waals surface area contributed by atoms with Gasteiger partial charge in [-0.1, -0.05) is 18.2 Å². The maximum atomic E-state index is 13.4. The van der Waals surface area contributed by atoms with Crippen LogP contribution in [-0.4, -0.2) is 33.5 Å². The molecule has 114 valence electrons. The topological polar surface area (TPSA) is 53.4 Å². The fourth-order valence-corrected chi connectivity index (χ4v) is 2.90. The lowest BCUT2D eigenvalue weighted by Crippen LogP contribution is -2.33. The summed E-state index contributed by atoms with van der Waals surface area (Å²) in [6.07, 6.45) is 3.39. The molecule has 1 aromatic heterocycles. The minimum absolute atomic E-state index is 0.0844. The number of halogens is 1. The molecule has 1 aromatic carbocycles. The molecule has 2 atom stereocenters. The summed E-state index contributed by atoms with van der Waals surface area (Å²) < 4.78 is 13.4. The van der Waals surface area contributed by atoms with Gasteiger partial charge in [-0.15, -0.1) is 0 Å². The van der Waals surface area contributed by atoms with Crippen molar-refractivity contribution in [1.29, 1.82) is 0 Å². The molecule has 0 bridgehead atoms. The Balaban J connectivity index is 1.80. The quantitative estimate of drug-likeness (QED) is 0.944. The number of β-amino-alcohol motifs (C(OH)–C–C–N with tert-alkyl or cyclic N) is 1. The minimum atomic E-state index is -0.578. The monoisotopic (exact) mass is 300 g/mol. The Labute approximate surface area is 128 Å². The summed E-state index contributed by atoms with van der Waals surface area (Å²) in [6, 6.07) is 9.55. The average molecular weight is 300 g/mol. The fourth-order valence-electron chi connectivity index (χ4n) is 2.90.